The maximum Gasteiger partial charge on any atom is 0.220 e. The van der Waals surface area contributed by atoms with Crippen LogP contribution in [-0.4, -0.2) is 11.9 Å². The number of benzene rings is 1. The van der Waals surface area contributed by atoms with Crippen LogP contribution in [0.4, 0.5) is 4.39 Å². The van der Waals surface area contributed by atoms with Gasteiger partial charge < -0.3 is 11.1 Å². The van der Waals surface area contributed by atoms with E-state index < -0.39 is 0 Å². The van der Waals surface area contributed by atoms with Crippen molar-refractivity contribution in [3.05, 3.63) is 35.1 Å². The predicted molar refractivity (Wildman–Crippen MR) is 77.7 cm³/mol. The molecule has 3 unspecified atom stereocenters. The zero-order valence-electron chi connectivity index (χ0n) is 12.2. The van der Waals surface area contributed by atoms with E-state index in [1.807, 2.05) is 13.0 Å². The first kappa shape index (κ1) is 15.0. The highest BCUT2D eigenvalue weighted by Gasteiger charge is 2.29. The van der Waals surface area contributed by atoms with Gasteiger partial charge in [-0.3, -0.25) is 4.79 Å². The highest BCUT2D eigenvalue weighted by Crippen LogP contribution is 2.35. The fourth-order valence-corrected chi connectivity index (χ4v) is 2.80. The Hall–Kier alpha value is -1.42. The SMILES string of the molecule is CC(N)CCC(=O)NC1c2cccc(F)c2CCC1C. The van der Waals surface area contributed by atoms with E-state index in [2.05, 4.69) is 12.2 Å². The zero-order valence-corrected chi connectivity index (χ0v) is 12.2. The van der Waals surface area contributed by atoms with Crippen LogP contribution >= 0.6 is 0 Å². The second kappa shape index (κ2) is 6.35. The lowest BCUT2D eigenvalue weighted by Gasteiger charge is -2.32. The van der Waals surface area contributed by atoms with Crippen molar-refractivity contribution in [2.45, 2.75) is 51.6 Å². The summed E-state index contributed by atoms with van der Waals surface area (Å²) in [5.74, 6) is 0.157. The molecule has 1 aromatic rings. The lowest BCUT2D eigenvalue weighted by Crippen LogP contribution is -2.36. The van der Waals surface area contributed by atoms with Gasteiger partial charge in [-0.1, -0.05) is 19.1 Å². The molecule has 0 bridgehead atoms. The summed E-state index contributed by atoms with van der Waals surface area (Å²) in [5.41, 5.74) is 7.35. The Labute approximate surface area is 119 Å². The summed E-state index contributed by atoms with van der Waals surface area (Å²) in [7, 11) is 0. The van der Waals surface area contributed by atoms with Crippen LogP contribution in [-0.2, 0) is 11.2 Å². The molecule has 0 aliphatic heterocycles. The molecule has 0 radical (unpaired) electrons. The van der Waals surface area contributed by atoms with Crippen molar-refractivity contribution in [2.75, 3.05) is 0 Å². The monoisotopic (exact) mass is 278 g/mol. The molecule has 0 saturated heterocycles. The van der Waals surface area contributed by atoms with Gasteiger partial charge in [0, 0.05) is 12.5 Å². The standard InChI is InChI=1S/C16H23FN2O/c1-10-6-8-12-13(4-3-5-14(12)17)16(10)19-15(20)9-7-11(2)18/h3-5,10-11,16H,6-9,18H2,1-2H3,(H,19,20). The number of rotatable bonds is 4. The number of carbonyl (C=O) groups is 1. The van der Waals surface area contributed by atoms with Crippen LogP contribution in [0.3, 0.4) is 0 Å². The van der Waals surface area contributed by atoms with Gasteiger partial charge in [-0.05, 0) is 49.3 Å². The maximum atomic E-state index is 13.8. The molecule has 20 heavy (non-hydrogen) atoms. The van der Waals surface area contributed by atoms with Gasteiger partial charge in [0.1, 0.15) is 5.82 Å². The van der Waals surface area contributed by atoms with Crippen LogP contribution in [0.2, 0.25) is 0 Å². The Bertz CT molecular complexity index is 487. The normalized spacial score (nSPS) is 23.0. The topological polar surface area (TPSA) is 55.1 Å². The molecule has 1 aliphatic carbocycles. The molecule has 110 valence electrons. The molecule has 0 heterocycles. The first-order valence-corrected chi connectivity index (χ1v) is 7.31. The molecule has 4 heteroatoms. The van der Waals surface area contributed by atoms with E-state index in [0.29, 0.717) is 18.8 Å². The molecule has 3 N–H and O–H groups in total. The first-order chi connectivity index (χ1) is 9.49. The third kappa shape index (κ3) is 3.37. The minimum atomic E-state index is -0.163. The molecule has 0 spiro atoms. The highest BCUT2D eigenvalue weighted by atomic mass is 19.1. The van der Waals surface area contributed by atoms with Gasteiger partial charge in [0.05, 0.1) is 6.04 Å². The Kier molecular flexibility index (Phi) is 4.76. The van der Waals surface area contributed by atoms with E-state index in [-0.39, 0.29) is 23.8 Å². The predicted octanol–water partition coefficient (Wildman–Crippen LogP) is 2.69. The van der Waals surface area contributed by atoms with Crippen molar-refractivity contribution < 1.29 is 9.18 Å². The number of hydrogen-bond donors (Lipinski definition) is 2. The van der Waals surface area contributed by atoms with Gasteiger partial charge in [0.25, 0.3) is 0 Å². The number of amides is 1. The maximum absolute atomic E-state index is 13.8. The van der Waals surface area contributed by atoms with Gasteiger partial charge in [0.2, 0.25) is 5.91 Å². The number of fused-ring (bicyclic) bond motifs is 1. The van der Waals surface area contributed by atoms with E-state index in [1.54, 1.807) is 6.07 Å². The molecule has 1 aromatic carbocycles. The summed E-state index contributed by atoms with van der Waals surface area (Å²) in [4.78, 5) is 12.0. The number of halogens is 1. The summed E-state index contributed by atoms with van der Waals surface area (Å²) in [5, 5.41) is 3.05. The van der Waals surface area contributed by atoms with Crippen molar-refractivity contribution in [2.24, 2.45) is 11.7 Å². The number of carbonyl (C=O) groups excluding carboxylic acids is 1. The fourth-order valence-electron chi connectivity index (χ4n) is 2.80. The lowest BCUT2D eigenvalue weighted by molar-refractivity contribution is -0.122. The first-order valence-electron chi connectivity index (χ1n) is 7.31. The summed E-state index contributed by atoms with van der Waals surface area (Å²) in [6.07, 6.45) is 2.73. The molecule has 1 amide bonds. The van der Waals surface area contributed by atoms with Crippen molar-refractivity contribution in [3.8, 4) is 0 Å². The van der Waals surface area contributed by atoms with Crippen LogP contribution in [0.5, 0.6) is 0 Å². The minimum absolute atomic E-state index is 0.00346. The summed E-state index contributed by atoms with van der Waals surface area (Å²) >= 11 is 0. The second-order valence-corrected chi connectivity index (χ2v) is 5.88. The lowest BCUT2D eigenvalue weighted by atomic mass is 9.80. The van der Waals surface area contributed by atoms with Crippen molar-refractivity contribution >= 4 is 5.91 Å². The summed E-state index contributed by atoms with van der Waals surface area (Å²) < 4.78 is 13.8. The highest BCUT2D eigenvalue weighted by molar-refractivity contribution is 5.76. The third-order valence-electron chi connectivity index (χ3n) is 4.05. The Morgan fingerprint density at radius 2 is 2.30 bits per heavy atom. The van der Waals surface area contributed by atoms with Gasteiger partial charge in [0.15, 0.2) is 0 Å². The van der Waals surface area contributed by atoms with Gasteiger partial charge >= 0.3 is 0 Å². The van der Waals surface area contributed by atoms with Crippen LogP contribution in [0.1, 0.15) is 50.3 Å². The fraction of sp³-hybridized carbons (Fsp3) is 0.562. The molecular weight excluding hydrogens is 255 g/mol. The van der Waals surface area contributed by atoms with Crippen LogP contribution in [0.25, 0.3) is 0 Å². The molecular formula is C16H23FN2O. The molecule has 0 fully saturated rings. The molecule has 3 nitrogen and oxygen atoms in total. The minimum Gasteiger partial charge on any atom is -0.349 e. The van der Waals surface area contributed by atoms with E-state index in [4.69, 9.17) is 5.73 Å². The second-order valence-electron chi connectivity index (χ2n) is 5.88. The quantitative estimate of drug-likeness (QED) is 0.889. The van der Waals surface area contributed by atoms with Crippen molar-refractivity contribution in [3.63, 3.8) is 0 Å². The van der Waals surface area contributed by atoms with Gasteiger partial charge in [-0.25, -0.2) is 4.39 Å². The van der Waals surface area contributed by atoms with Gasteiger partial charge in [-0.15, -0.1) is 0 Å². The third-order valence-corrected chi connectivity index (χ3v) is 4.05. The molecule has 1 aliphatic rings. The molecule has 0 saturated carbocycles. The molecule has 2 rings (SSSR count). The van der Waals surface area contributed by atoms with Gasteiger partial charge in [-0.2, -0.15) is 0 Å². The van der Waals surface area contributed by atoms with E-state index in [1.165, 1.54) is 6.07 Å². The van der Waals surface area contributed by atoms with Crippen LogP contribution in [0.15, 0.2) is 18.2 Å². The largest absolute Gasteiger partial charge is 0.349 e. The van der Waals surface area contributed by atoms with Crippen LogP contribution < -0.4 is 11.1 Å². The number of nitrogens with one attached hydrogen (secondary N) is 1. The Balaban J connectivity index is 2.12. The number of hydrogen-bond acceptors (Lipinski definition) is 2. The molecule has 3 atom stereocenters. The van der Waals surface area contributed by atoms with E-state index in [9.17, 15) is 9.18 Å². The Morgan fingerprint density at radius 3 is 3.00 bits per heavy atom. The average Bonchev–Trinajstić information content (AvgIpc) is 2.40. The van der Waals surface area contributed by atoms with Crippen molar-refractivity contribution in [1.82, 2.24) is 5.32 Å². The average molecular weight is 278 g/mol. The smallest absolute Gasteiger partial charge is 0.220 e. The van der Waals surface area contributed by atoms with E-state index >= 15 is 0 Å². The van der Waals surface area contributed by atoms with Crippen molar-refractivity contribution in [1.29, 1.82) is 0 Å². The number of nitrogens with two attached hydrogens (primary N) is 1. The zero-order chi connectivity index (χ0) is 14.7. The summed E-state index contributed by atoms with van der Waals surface area (Å²) in [6, 6.07) is 5.06. The summed E-state index contributed by atoms with van der Waals surface area (Å²) in [6.45, 7) is 3.99. The Morgan fingerprint density at radius 1 is 1.55 bits per heavy atom. The molecule has 0 aromatic heterocycles. The van der Waals surface area contributed by atoms with E-state index in [0.717, 1.165) is 24.0 Å². The van der Waals surface area contributed by atoms with Crippen LogP contribution in [0, 0.1) is 11.7 Å².